The Labute approximate surface area is 108 Å². The molecule has 6 heteroatoms. The zero-order chi connectivity index (χ0) is 14.0. The lowest BCUT2D eigenvalue weighted by Gasteiger charge is -2.12. The molecular weight excluding hydrogens is 255 g/mol. The van der Waals surface area contributed by atoms with Crippen molar-refractivity contribution >= 4 is 17.1 Å². The molecule has 3 nitrogen and oxygen atoms in total. The molecule has 0 bridgehead atoms. The first kappa shape index (κ1) is 13.2. The number of pyridine rings is 1. The maximum absolute atomic E-state index is 12.6. The van der Waals surface area contributed by atoms with Gasteiger partial charge in [0.2, 0.25) is 0 Å². The highest BCUT2D eigenvalue weighted by molar-refractivity contribution is 5.72. The fourth-order valence-corrected chi connectivity index (χ4v) is 1.61. The summed E-state index contributed by atoms with van der Waals surface area (Å²) in [4.78, 5) is 3.28. The van der Waals surface area contributed by atoms with Crippen LogP contribution in [0.2, 0.25) is 0 Å². The summed E-state index contributed by atoms with van der Waals surface area (Å²) < 4.78 is 37.7. The van der Waals surface area contributed by atoms with Gasteiger partial charge in [-0.1, -0.05) is 12.1 Å². The van der Waals surface area contributed by atoms with E-state index in [9.17, 15) is 13.2 Å². The highest BCUT2D eigenvalue weighted by atomic mass is 19.4. The molecule has 0 radical (unpaired) electrons. The summed E-state index contributed by atoms with van der Waals surface area (Å²) in [6.45, 7) is 1.89. The van der Waals surface area contributed by atoms with Crippen LogP contribution in [0, 0.1) is 6.92 Å². The Balaban J connectivity index is 2.34. The molecule has 0 saturated carbocycles. The number of aromatic nitrogens is 1. The van der Waals surface area contributed by atoms with Crippen molar-refractivity contribution < 1.29 is 13.2 Å². The van der Waals surface area contributed by atoms with E-state index in [0.29, 0.717) is 5.69 Å². The van der Waals surface area contributed by atoms with Crippen molar-refractivity contribution in [2.24, 2.45) is 0 Å². The van der Waals surface area contributed by atoms with Gasteiger partial charge in [-0.15, -0.1) is 0 Å². The Morgan fingerprint density at radius 1 is 1.21 bits per heavy atom. The van der Waals surface area contributed by atoms with Crippen LogP contribution in [0.5, 0.6) is 0 Å². The number of rotatable bonds is 2. The zero-order valence-electron chi connectivity index (χ0n) is 10.1. The molecule has 0 aliphatic heterocycles. The third-order valence-electron chi connectivity index (χ3n) is 2.52. The molecule has 0 spiro atoms. The van der Waals surface area contributed by atoms with Gasteiger partial charge >= 0.3 is 6.18 Å². The number of nitrogens with two attached hydrogens (primary N) is 1. The van der Waals surface area contributed by atoms with Gasteiger partial charge in [0.25, 0.3) is 0 Å². The third kappa shape index (κ3) is 3.15. The van der Waals surface area contributed by atoms with Gasteiger partial charge in [-0.2, -0.15) is 13.2 Å². The van der Waals surface area contributed by atoms with Gasteiger partial charge in [0.1, 0.15) is 5.69 Å². The van der Waals surface area contributed by atoms with Gasteiger partial charge in [0.05, 0.1) is 17.6 Å². The van der Waals surface area contributed by atoms with Crippen molar-refractivity contribution in [3.8, 4) is 0 Å². The quantitative estimate of drug-likeness (QED) is 0.871. The van der Waals surface area contributed by atoms with Gasteiger partial charge in [-0.05, 0) is 30.7 Å². The number of halogens is 3. The van der Waals surface area contributed by atoms with Crippen LogP contribution in [0.1, 0.15) is 11.3 Å². The standard InChI is InChI=1S/C13H12F3N3/c1-8-3-2-4-9(5-8)19-11-6-12(13(14,15)16)18-7-10(11)17/h2-7H,17H2,1H3,(H,18,19). The van der Waals surface area contributed by atoms with Crippen molar-refractivity contribution in [3.63, 3.8) is 0 Å². The molecular formula is C13H12F3N3. The molecule has 0 aliphatic carbocycles. The van der Waals surface area contributed by atoms with Crippen LogP contribution in [0.25, 0.3) is 0 Å². The second-order valence-electron chi connectivity index (χ2n) is 4.15. The minimum atomic E-state index is -4.49. The Hall–Kier alpha value is -2.24. The molecule has 0 fully saturated rings. The number of nitrogens with zero attached hydrogens (tertiary/aromatic N) is 1. The van der Waals surface area contributed by atoms with Crippen molar-refractivity contribution in [3.05, 3.63) is 47.8 Å². The van der Waals surface area contributed by atoms with Crippen LogP contribution < -0.4 is 11.1 Å². The monoisotopic (exact) mass is 267 g/mol. The van der Waals surface area contributed by atoms with E-state index in [1.54, 1.807) is 12.1 Å². The van der Waals surface area contributed by atoms with Crippen molar-refractivity contribution in [1.82, 2.24) is 4.98 Å². The van der Waals surface area contributed by atoms with E-state index in [1.807, 2.05) is 19.1 Å². The number of nitrogen functional groups attached to an aromatic ring is 1. The van der Waals surface area contributed by atoms with Crippen LogP contribution in [0.3, 0.4) is 0 Å². The zero-order valence-corrected chi connectivity index (χ0v) is 10.1. The number of hydrogen-bond donors (Lipinski definition) is 2. The Morgan fingerprint density at radius 2 is 1.95 bits per heavy atom. The molecule has 3 N–H and O–H groups in total. The summed E-state index contributed by atoms with van der Waals surface area (Å²) in [6, 6.07) is 8.16. The van der Waals surface area contributed by atoms with E-state index in [1.165, 1.54) is 0 Å². The second kappa shape index (κ2) is 4.79. The molecule has 0 unspecified atom stereocenters. The smallest absolute Gasteiger partial charge is 0.396 e. The molecule has 1 aromatic carbocycles. The summed E-state index contributed by atoms with van der Waals surface area (Å²) >= 11 is 0. The Kier molecular flexibility index (Phi) is 3.33. The number of aryl methyl sites for hydroxylation is 1. The molecule has 1 aromatic heterocycles. The predicted molar refractivity (Wildman–Crippen MR) is 68.1 cm³/mol. The molecule has 19 heavy (non-hydrogen) atoms. The third-order valence-corrected chi connectivity index (χ3v) is 2.52. The van der Waals surface area contributed by atoms with Crippen LogP contribution in [0.15, 0.2) is 36.5 Å². The largest absolute Gasteiger partial charge is 0.433 e. The van der Waals surface area contributed by atoms with E-state index in [2.05, 4.69) is 10.3 Å². The fraction of sp³-hybridized carbons (Fsp3) is 0.154. The first-order chi connectivity index (χ1) is 8.86. The molecule has 0 amide bonds. The first-order valence-electron chi connectivity index (χ1n) is 5.52. The van der Waals surface area contributed by atoms with Crippen molar-refractivity contribution in [2.45, 2.75) is 13.1 Å². The average molecular weight is 267 g/mol. The number of benzene rings is 1. The normalized spacial score (nSPS) is 11.4. The van der Waals surface area contributed by atoms with Gasteiger partial charge in [0, 0.05) is 5.69 Å². The highest BCUT2D eigenvalue weighted by Gasteiger charge is 2.32. The molecule has 2 rings (SSSR count). The summed E-state index contributed by atoms with van der Waals surface area (Å²) in [5.41, 5.74) is 6.67. The van der Waals surface area contributed by atoms with Crippen molar-refractivity contribution in [1.29, 1.82) is 0 Å². The van der Waals surface area contributed by atoms with Crippen LogP contribution in [-0.4, -0.2) is 4.98 Å². The van der Waals surface area contributed by atoms with Crippen molar-refractivity contribution in [2.75, 3.05) is 11.1 Å². The highest BCUT2D eigenvalue weighted by Crippen LogP contribution is 2.32. The first-order valence-corrected chi connectivity index (χ1v) is 5.52. The molecule has 0 saturated heterocycles. The molecule has 0 atom stereocenters. The molecule has 100 valence electrons. The number of hydrogen-bond acceptors (Lipinski definition) is 3. The van der Waals surface area contributed by atoms with Crippen LogP contribution in [-0.2, 0) is 6.18 Å². The Morgan fingerprint density at radius 3 is 2.58 bits per heavy atom. The van der Waals surface area contributed by atoms with E-state index < -0.39 is 11.9 Å². The SMILES string of the molecule is Cc1cccc(Nc2cc(C(F)(F)F)ncc2N)c1. The second-order valence-corrected chi connectivity index (χ2v) is 4.15. The summed E-state index contributed by atoms with van der Waals surface area (Å²) in [5.74, 6) is 0. The summed E-state index contributed by atoms with van der Waals surface area (Å²) in [7, 11) is 0. The number of nitrogens with one attached hydrogen (secondary N) is 1. The number of alkyl halides is 3. The fourth-order valence-electron chi connectivity index (χ4n) is 1.61. The maximum atomic E-state index is 12.6. The van der Waals surface area contributed by atoms with E-state index in [-0.39, 0.29) is 11.4 Å². The molecule has 2 aromatic rings. The van der Waals surface area contributed by atoms with Crippen LogP contribution >= 0.6 is 0 Å². The van der Waals surface area contributed by atoms with Gasteiger partial charge in [-0.3, -0.25) is 0 Å². The van der Waals surface area contributed by atoms with Gasteiger partial charge < -0.3 is 11.1 Å². The minimum absolute atomic E-state index is 0.162. The number of anilines is 3. The van der Waals surface area contributed by atoms with E-state index in [4.69, 9.17) is 5.73 Å². The summed E-state index contributed by atoms with van der Waals surface area (Å²) in [5, 5.41) is 2.86. The molecule has 0 aliphatic rings. The van der Waals surface area contributed by atoms with Gasteiger partial charge in [0.15, 0.2) is 0 Å². The average Bonchev–Trinajstić information content (AvgIpc) is 2.30. The summed E-state index contributed by atoms with van der Waals surface area (Å²) in [6.07, 6.45) is -3.49. The topological polar surface area (TPSA) is 50.9 Å². The predicted octanol–water partition coefficient (Wildman–Crippen LogP) is 3.73. The van der Waals surface area contributed by atoms with E-state index in [0.717, 1.165) is 17.8 Å². The lowest BCUT2D eigenvalue weighted by Crippen LogP contribution is -2.09. The van der Waals surface area contributed by atoms with Crippen LogP contribution in [0.4, 0.5) is 30.2 Å². The minimum Gasteiger partial charge on any atom is -0.396 e. The van der Waals surface area contributed by atoms with E-state index >= 15 is 0 Å². The maximum Gasteiger partial charge on any atom is 0.433 e. The molecule has 1 heterocycles. The Bertz CT molecular complexity index is 594. The van der Waals surface area contributed by atoms with Gasteiger partial charge in [-0.25, -0.2) is 4.98 Å². The lowest BCUT2D eigenvalue weighted by molar-refractivity contribution is -0.141. The lowest BCUT2D eigenvalue weighted by atomic mass is 10.2.